The molecule has 0 N–H and O–H groups in total. The van der Waals surface area contributed by atoms with E-state index in [1.54, 1.807) is 0 Å². The second kappa shape index (κ2) is 56.0. The molecule has 1 atom stereocenters. The van der Waals surface area contributed by atoms with Crippen LogP contribution in [0.15, 0.2) is 0 Å². The number of ether oxygens (including phenoxy) is 3. The summed E-state index contributed by atoms with van der Waals surface area (Å²) in [4.78, 5) is 38.0. The molecular weight excluding hydrogens is 817 g/mol. The third kappa shape index (κ3) is 53.4. The fourth-order valence-electron chi connectivity index (χ4n) is 9.33. The number of carbonyl (C=O) groups is 3. The number of hydrogen-bond donors (Lipinski definition) is 0. The van der Waals surface area contributed by atoms with Crippen molar-refractivity contribution >= 4 is 17.9 Å². The van der Waals surface area contributed by atoms with Crippen LogP contribution in [-0.4, -0.2) is 37.2 Å². The highest BCUT2D eigenvalue weighted by Crippen LogP contribution is 2.18. The topological polar surface area (TPSA) is 78.9 Å². The smallest absolute Gasteiger partial charge is 0.306 e. The van der Waals surface area contributed by atoms with Crippen molar-refractivity contribution in [2.45, 2.75) is 354 Å². The molecule has 0 aliphatic carbocycles. The zero-order chi connectivity index (χ0) is 47.9. The first-order valence-electron chi connectivity index (χ1n) is 30.0. The Balaban J connectivity index is 4.13. The van der Waals surface area contributed by atoms with Gasteiger partial charge in [0.25, 0.3) is 0 Å². The first kappa shape index (κ1) is 64.4. The molecule has 0 aromatic carbocycles. The Bertz CT molecular complexity index is 982. The molecule has 6 nitrogen and oxygen atoms in total. The van der Waals surface area contributed by atoms with Gasteiger partial charge in [0.05, 0.1) is 0 Å². The molecule has 0 radical (unpaired) electrons. The van der Waals surface area contributed by atoms with Gasteiger partial charge in [-0.1, -0.05) is 310 Å². The summed E-state index contributed by atoms with van der Waals surface area (Å²) in [5, 5.41) is 0. The molecule has 0 bridgehead atoms. The van der Waals surface area contributed by atoms with Gasteiger partial charge in [0.15, 0.2) is 6.10 Å². The third-order valence-corrected chi connectivity index (χ3v) is 13.9. The largest absolute Gasteiger partial charge is 0.462 e. The molecular formula is C60H116O6. The first-order valence-corrected chi connectivity index (χ1v) is 30.0. The Kier molecular flexibility index (Phi) is 54.7. The summed E-state index contributed by atoms with van der Waals surface area (Å²) < 4.78 is 16.8. The van der Waals surface area contributed by atoms with Crippen molar-refractivity contribution in [2.24, 2.45) is 0 Å². The highest BCUT2D eigenvalue weighted by Gasteiger charge is 2.19. The molecule has 6 heteroatoms. The predicted octanol–water partition coefficient (Wildman–Crippen LogP) is 19.9. The minimum absolute atomic E-state index is 0.0614. The first-order chi connectivity index (χ1) is 32.5. The SMILES string of the molecule is CCCCCCCCCCCCCCCCCCCCCCCC(=O)OCC(COC(=O)CCCCCCCCCC)OC(=O)CCCCCCCCCCCCCCCCCCCCC. The lowest BCUT2D eigenvalue weighted by molar-refractivity contribution is -0.167. The number of unbranched alkanes of at least 4 members (excludes halogenated alkanes) is 45. The van der Waals surface area contributed by atoms with Gasteiger partial charge >= 0.3 is 17.9 Å². The number of hydrogen-bond acceptors (Lipinski definition) is 6. The van der Waals surface area contributed by atoms with Gasteiger partial charge in [-0.25, -0.2) is 0 Å². The minimum Gasteiger partial charge on any atom is -0.462 e. The van der Waals surface area contributed by atoms with E-state index in [1.807, 2.05) is 0 Å². The maximum Gasteiger partial charge on any atom is 0.306 e. The van der Waals surface area contributed by atoms with Gasteiger partial charge in [0, 0.05) is 19.3 Å². The summed E-state index contributed by atoms with van der Waals surface area (Å²) in [6, 6.07) is 0. The Morgan fingerprint density at radius 1 is 0.242 bits per heavy atom. The van der Waals surface area contributed by atoms with Crippen molar-refractivity contribution < 1.29 is 28.6 Å². The highest BCUT2D eigenvalue weighted by molar-refractivity contribution is 5.71. The van der Waals surface area contributed by atoms with Crippen LogP contribution in [0.5, 0.6) is 0 Å². The molecule has 392 valence electrons. The Labute approximate surface area is 412 Å². The van der Waals surface area contributed by atoms with E-state index in [9.17, 15) is 14.4 Å². The molecule has 0 spiro atoms. The molecule has 0 aromatic rings. The summed E-state index contributed by atoms with van der Waals surface area (Å²) in [7, 11) is 0. The second-order valence-corrected chi connectivity index (χ2v) is 20.6. The van der Waals surface area contributed by atoms with E-state index < -0.39 is 6.10 Å². The molecule has 0 rings (SSSR count). The van der Waals surface area contributed by atoms with Crippen molar-refractivity contribution in [1.29, 1.82) is 0 Å². The quantitative estimate of drug-likeness (QED) is 0.0343. The molecule has 1 unspecified atom stereocenters. The van der Waals surface area contributed by atoms with Gasteiger partial charge in [-0.15, -0.1) is 0 Å². The van der Waals surface area contributed by atoms with E-state index in [-0.39, 0.29) is 31.1 Å². The Hall–Kier alpha value is -1.59. The van der Waals surface area contributed by atoms with E-state index in [0.717, 1.165) is 57.8 Å². The molecule has 0 heterocycles. The highest BCUT2D eigenvalue weighted by atomic mass is 16.6. The van der Waals surface area contributed by atoms with E-state index in [1.165, 1.54) is 250 Å². The molecule has 0 aliphatic heterocycles. The molecule has 0 aliphatic rings. The van der Waals surface area contributed by atoms with Crippen LogP contribution < -0.4 is 0 Å². The average molecular weight is 934 g/mol. The van der Waals surface area contributed by atoms with E-state index >= 15 is 0 Å². The third-order valence-electron chi connectivity index (χ3n) is 13.9. The lowest BCUT2D eigenvalue weighted by atomic mass is 10.0. The maximum atomic E-state index is 12.8. The van der Waals surface area contributed by atoms with Crippen LogP contribution in [0.2, 0.25) is 0 Å². The van der Waals surface area contributed by atoms with Gasteiger partial charge < -0.3 is 14.2 Å². The van der Waals surface area contributed by atoms with Crippen molar-refractivity contribution in [2.75, 3.05) is 13.2 Å². The Morgan fingerprint density at radius 3 is 0.606 bits per heavy atom. The minimum atomic E-state index is -0.760. The molecule has 0 aromatic heterocycles. The van der Waals surface area contributed by atoms with E-state index in [0.29, 0.717) is 19.3 Å². The fourth-order valence-corrected chi connectivity index (χ4v) is 9.33. The van der Waals surface area contributed by atoms with Crippen molar-refractivity contribution in [3.63, 3.8) is 0 Å². The number of rotatable bonds is 56. The van der Waals surface area contributed by atoms with Gasteiger partial charge in [0.2, 0.25) is 0 Å². The molecule has 0 amide bonds. The van der Waals surface area contributed by atoms with Crippen LogP contribution in [0.3, 0.4) is 0 Å². The Morgan fingerprint density at radius 2 is 0.409 bits per heavy atom. The fraction of sp³-hybridized carbons (Fsp3) is 0.950. The van der Waals surface area contributed by atoms with Gasteiger partial charge in [-0.2, -0.15) is 0 Å². The summed E-state index contributed by atoms with van der Waals surface area (Å²) in [6.45, 7) is 6.68. The monoisotopic (exact) mass is 933 g/mol. The van der Waals surface area contributed by atoms with Gasteiger partial charge in [0.1, 0.15) is 13.2 Å². The van der Waals surface area contributed by atoms with Crippen LogP contribution in [0.4, 0.5) is 0 Å². The lowest BCUT2D eigenvalue weighted by Gasteiger charge is -2.18. The summed E-state index contributed by atoms with van der Waals surface area (Å²) in [5.41, 5.74) is 0. The van der Waals surface area contributed by atoms with Crippen LogP contribution >= 0.6 is 0 Å². The van der Waals surface area contributed by atoms with E-state index in [2.05, 4.69) is 20.8 Å². The summed E-state index contributed by atoms with van der Waals surface area (Å²) >= 11 is 0. The van der Waals surface area contributed by atoms with Gasteiger partial charge in [-0.05, 0) is 19.3 Å². The predicted molar refractivity (Wildman–Crippen MR) is 284 cm³/mol. The van der Waals surface area contributed by atoms with E-state index in [4.69, 9.17) is 14.2 Å². The standard InChI is InChI=1S/C60H116O6/c1-4-7-10-13-16-19-21-23-25-27-29-30-32-33-35-37-39-41-44-47-50-53-59(62)65-56-57(55-64-58(61)52-49-46-43-18-15-12-9-6-3)66-60(63)54-51-48-45-42-40-38-36-34-31-28-26-24-22-20-17-14-11-8-5-2/h57H,4-56H2,1-3H3. The van der Waals surface area contributed by atoms with Crippen molar-refractivity contribution in [3.05, 3.63) is 0 Å². The van der Waals surface area contributed by atoms with Gasteiger partial charge in [-0.3, -0.25) is 14.4 Å². The van der Waals surface area contributed by atoms with Crippen molar-refractivity contribution in [3.8, 4) is 0 Å². The number of esters is 3. The maximum absolute atomic E-state index is 12.8. The van der Waals surface area contributed by atoms with Crippen LogP contribution in [0, 0.1) is 0 Å². The zero-order valence-electron chi connectivity index (χ0n) is 45.0. The van der Waals surface area contributed by atoms with Crippen LogP contribution in [0.1, 0.15) is 348 Å². The normalized spacial score (nSPS) is 11.9. The molecule has 66 heavy (non-hydrogen) atoms. The van der Waals surface area contributed by atoms with Crippen LogP contribution in [-0.2, 0) is 28.6 Å². The summed E-state index contributed by atoms with van der Waals surface area (Å²) in [5.74, 6) is -0.837. The summed E-state index contributed by atoms with van der Waals surface area (Å²) in [6.07, 6.45) is 62.6. The second-order valence-electron chi connectivity index (χ2n) is 20.6. The number of carbonyl (C=O) groups excluding carboxylic acids is 3. The van der Waals surface area contributed by atoms with Crippen molar-refractivity contribution in [1.82, 2.24) is 0 Å². The average Bonchev–Trinajstić information content (AvgIpc) is 3.31. The molecule has 0 fully saturated rings. The van der Waals surface area contributed by atoms with Crippen LogP contribution in [0.25, 0.3) is 0 Å². The molecule has 0 saturated carbocycles. The lowest BCUT2D eigenvalue weighted by Crippen LogP contribution is -2.30. The zero-order valence-corrected chi connectivity index (χ0v) is 45.0. The molecule has 0 saturated heterocycles.